The average molecular weight is 428 g/mol. The van der Waals surface area contributed by atoms with Gasteiger partial charge in [0.25, 0.3) is 5.82 Å². The highest BCUT2D eigenvalue weighted by Gasteiger charge is 2.27. The Bertz CT molecular complexity index is 937. The molecule has 1 aromatic heterocycles. The quantitative estimate of drug-likeness (QED) is 0.562. The molecule has 0 aliphatic carbocycles. The van der Waals surface area contributed by atoms with Gasteiger partial charge in [0.15, 0.2) is 17.2 Å². The van der Waals surface area contributed by atoms with Gasteiger partial charge in [-0.25, -0.2) is 4.57 Å². The highest BCUT2D eigenvalue weighted by molar-refractivity contribution is 8.93. The van der Waals surface area contributed by atoms with Gasteiger partial charge in [0, 0.05) is 12.0 Å². The fourth-order valence-corrected chi connectivity index (χ4v) is 4.01. The first kappa shape index (κ1) is 18.1. The second-order valence-electron chi connectivity index (χ2n) is 6.96. The lowest BCUT2D eigenvalue weighted by Crippen LogP contribution is -2.35. The molecular formula is C22H24BrN2O2+. The van der Waals surface area contributed by atoms with Crippen LogP contribution in [0.25, 0.3) is 16.9 Å². The summed E-state index contributed by atoms with van der Waals surface area (Å²) in [5.41, 5.74) is 3.59. The van der Waals surface area contributed by atoms with Crippen molar-refractivity contribution in [2.24, 2.45) is 0 Å². The molecule has 0 saturated carbocycles. The van der Waals surface area contributed by atoms with Crippen molar-refractivity contribution in [2.45, 2.75) is 32.2 Å². The fourth-order valence-electron chi connectivity index (χ4n) is 4.01. The monoisotopic (exact) mass is 427 g/mol. The van der Waals surface area contributed by atoms with Crippen LogP contribution in [0.2, 0.25) is 0 Å². The van der Waals surface area contributed by atoms with Crippen molar-refractivity contribution >= 4 is 17.0 Å². The van der Waals surface area contributed by atoms with Crippen molar-refractivity contribution in [3.8, 4) is 28.4 Å². The van der Waals surface area contributed by atoms with Crippen molar-refractivity contribution in [3.05, 3.63) is 60.6 Å². The Morgan fingerprint density at radius 3 is 2.52 bits per heavy atom. The minimum atomic E-state index is 0. The molecule has 27 heavy (non-hydrogen) atoms. The first-order chi connectivity index (χ1) is 12.9. The standard InChI is InChI=1S/C22H23N2O2.BrH/c1-3-7-18(8-4-1)24-19(16-23-12-6-2-5-9-22(23)24)17-10-11-20-21(15-17)26-14-13-25-20;/h1,3-4,7-8,10-11,15-16H,2,5-6,9,12-14H2;1H/q+1;. The lowest BCUT2D eigenvalue weighted by Gasteiger charge is -2.18. The summed E-state index contributed by atoms with van der Waals surface area (Å²) in [6.07, 6.45) is 7.21. The number of rotatable bonds is 2. The summed E-state index contributed by atoms with van der Waals surface area (Å²) in [5, 5.41) is 0. The van der Waals surface area contributed by atoms with Crippen molar-refractivity contribution in [1.82, 2.24) is 4.57 Å². The van der Waals surface area contributed by atoms with Gasteiger partial charge in [-0.2, -0.15) is 4.57 Å². The Hall–Kier alpha value is -2.27. The molecule has 0 N–H and O–H groups in total. The summed E-state index contributed by atoms with van der Waals surface area (Å²) < 4.78 is 16.4. The summed E-state index contributed by atoms with van der Waals surface area (Å²) >= 11 is 0. The number of ether oxygens (including phenoxy) is 2. The van der Waals surface area contributed by atoms with E-state index in [1.165, 1.54) is 42.0 Å². The van der Waals surface area contributed by atoms with E-state index in [0.29, 0.717) is 13.2 Å². The number of nitrogens with zero attached hydrogens (tertiary/aromatic N) is 2. The van der Waals surface area contributed by atoms with Crippen LogP contribution in [0.5, 0.6) is 11.5 Å². The van der Waals surface area contributed by atoms with Crippen molar-refractivity contribution < 1.29 is 14.0 Å². The van der Waals surface area contributed by atoms with E-state index in [4.69, 9.17) is 9.47 Å². The van der Waals surface area contributed by atoms with Crippen LogP contribution in [0, 0.1) is 0 Å². The van der Waals surface area contributed by atoms with Crippen LogP contribution >= 0.6 is 17.0 Å². The van der Waals surface area contributed by atoms with E-state index < -0.39 is 0 Å². The lowest BCUT2D eigenvalue weighted by molar-refractivity contribution is -0.702. The molecule has 3 heterocycles. The van der Waals surface area contributed by atoms with Gasteiger partial charge in [-0.3, -0.25) is 0 Å². The Balaban J connectivity index is 0.00000180. The van der Waals surface area contributed by atoms with Gasteiger partial charge in [-0.1, -0.05) is 18.2 Å². The molecule has 2 aliphatic heterocycles. The molecule has 0 amide bonds. The Kier molecular flexibility index (Phi) is 5.21. The predicted molar refractivity (Wildman–Crippen MR) is 110 cm³/mol. The van der Waals surface area contributed by atoms with Gasteiger partial charge in [0.05, 0.1) is 6.54 Å². The van der Waals surface area contributed by atoms with Crippen LogP contribution in [0.15, 0.2) is 54.7 Å². The normalized spacial score (nSPS) is 15.4. The number of fused-ring (bicyclic) bond motifs is 2. The molecule has 0 bridgehead atoms. The maximum Gasteiger partial charge on any atom is 0.262 e. The molecular weight excluding hydrogens is 404 g/mol. The van der Waals surface area contributed by atoms with Crippen molar-refractivity contribution in [3.63, 3.8) is 0 Å². The number of imidazole rings is 1. The molecule has 0 saturated heterocycles. The first-order valence-electron chi connectivity index (χ1n) is 9.50. The van der Waals surface area contributed by atoms with Gasteiger partial charge in [-0.05, 0) is 49.6 Å². The van der Waals surface area contributed by atoms with Gasteiger partial charge in [0.1, 0.15) is 25.1 Å². The Labute approximate surface area is 170 Å². The van der Waals surface area contributed by atoms with E-state index in [1.807, 2.05) is 6.07 Å². The number of hydrogen-bond acceptors (Lipinski definition) is 2. The van der Waals surface area contributed by atoms with E-state index in [0.717, 1.165) is 24.5 Å². The van der Waals surface area contributed by atoms with Crippen LogP contribution in [0.1, 0.15) is 25.1 Å². The predicted octanol–water partition coefficient (Wildman–Crippen LogP) is 4.51. The molecule has 2 aromatic carbocycles. The number of hydrogen-bond donors (Lipinski definition) is 0. The van der Waals surface area contributed by atoms with E-state index in [2.05, 4.69) is 57.8 Å². The van der Waals surface area contributed by atoms with Crippen molar-refractivity contribution in [2.75, 3.05) is 13.2 Å². The third-order valence-electron chi connectivity index (χ3n) is 5.26. The number of halogens is 1. The molecule has 0 spiro atoms. The zero-order valence-corrected chi connectivity index (χ0v) is 17.0. The lowest BCUT2D eigenvalue weighted by atomic mass is 10.1. The van der Waals surface area contributed by atoms with Gasteiger partial charge in [-0.15, -0.1) is 17.0 Å². The molecule has 4 nitrogen and oxygen atoms in total. The summed E-state index contributed by atoms with van der Waals surface area (Å²) in [6.45, 7) is 2.32. The van der Waals surface area contributed by atoms with Crippen LogP contribution in [0.3, 0.4) is 0 Å². The molecule has 0 unspecified atom stereocenters. The van der Waals surface area contributed by atoms with Gasteiger partial charge in [0.2, 0.25) is 0 Å². The zero-order valence-electron chi connectivity index (χ0n) is 15.3. The second kappa shape index (κ2) is 7.77. The molecule has 140 valence electrons. The van der Waals surface area contributed by atoms with E-state index >= 15 is 0 Å². The number of benzene rings is 2. The van der Waals surface area contributed by atoms with Crippen LogP contribution in [-0.2, 0) is 13.0 Å². The highest BCUT2D eigenvalue weighted by Crippen LogP contribution is 2.35. The molecule has 0 radical (unpaired) electrons. The topological polar surface area (TPSA) is 27.3 Å². The molecule has 5 heteroatoms. The van der Waals surface area contributed by atoms with Crippen LogP contribution in [0.4, 0.5) is 0 Å². The van der Waals surface area contributed by atoms with E-state index in [1.54, 1.807) is 0 Å². The maximum absolute atomic E-state index is 5.81. The summed E-state index contributed by atoms with van der Waals surface area (Å²) in [4.78, 5) is 0. The zero-order chi connectivity index (χ0) is 17.3. The SMILES string of the molecule is Br.c1ccc(-n2c(-c3ccc4c(c3)OCCO4)c[n+]3c2CCCCC3)cc1. The number of aromatic nitrogens is 2. The summed E-state index contributed by atoms with van der Waals surface area (Å²) in [7, 11) is 0. The van der Waals surface area contributed by atoms with Crippen LogP contribution in [-0.4, -0.2) is 17.8 Å². The number of para-hydroxylation sites is 1. The minimum absolute atomic E-state index is 0. The van der Waals surface area contributed by atoms with E-state index in [-0.39, 0.29) is 17.0 Å². The third-order valence-corrected chi connectivity index (χ3v) is 5.26. The smallest absolute Gasteiger partial charge is 0.262 e. The average Bonchev–Trinajstić information content (AvgIpc) is 2.91. The molecule has 3 aromatic rings. The van der Waals surface area contributed by atoms with Crippen molar-refractivity contribution in [1.29, 1.82) is 0 Å². The fraction of sp³-hybridized carbons (Fsp3) is 0.318. The van der Waals surface area contributed by atoms with Gasteiger partial charge < -0.3 is 9.47 Å². The second-order valence-corrected chi connectivity index (χ2v) is 6.96. The number of aryl methyl sites for hydroxylation is 1. The first-order valence-corrected chi connectivity index (χ1v) is 9.50. The highest BCUT2D eigenvalue weighted by atomic mass is 79.9. The minimum Gasteiger partial charge on any atom is -0.486 e. The third kappa shape index (κ3) is 3.36. The maximum atomic E-state index is 5.81. The molecule has 2 aliphatic rings. The Morgan fingerprint density at radius 2 is 1.67 bits per heavy atom. The summed E-state index contributed by atoms with van der Waals surface area (Å²) in [6, 6.07) is 16.9. The molecule has 5 rings (SSSR count). The Morgan fingerprint density at radius 1 is 0.852 bits per heavy atom. The molecule has 0 fully saturated rings. The van der Waals surface area contributed by atoms with Gasteiger partial charge >= 0.3 is 0 Å². The molecule has 0 atom stereocenters. The van der Waals surface area contributed by atoms with Crippen LogP contribution < -0.4 is 14.0 Å². The largest absolute Gasteiger partial charge is 0.486 e. The summed E-state index contributed by atoms with van der Waals surface area (Å²) in [5.74, 6) is 3.07. The van der Waals surface area contributed by atoms with E-state index in [9.17, 15) is 0 Å².